The van der Waals surface area contributed by atoms with Crippen molar-refractivity contribution in [1.29, 1.82) is 0 Å². The van der Waals surface area contributed by atoms with Crippen LogP contribution in [0.1, 0.15) is 56.5 Å². The van der Waals surface area contributed by atoms with Crippen LogP contribution in [0.3, 0.4) is 0 Å². The molecule has 0 spiro atoms. The Balaban J connectivity index is 0.00000245. The third kappa shape index (κ3) is 4.64. The Labute approximate surface area is 201 Å². The number of hydrogen-bond acceptors (Lipinski definition) is 5. The van der Waals surface area contributed by atoms with Gasteiger partial charge in [-0.1, -0.05) is 24.4 Å². The number of amides is 2. The number of H-pyrrole nitrogens is 1. The Hall–Kier alpha value is -2.13. The number of aromatic amines is 1. The molecule has 1 aliphatic heterocycles. The van der Waals surface area contributed by atoms with E-state index in [4.69, 9.17) is 11.6 Å². The summed E-state index contributed by atoms with van der Waals surface area (Å²) in [6.45, 7) is 1.63. The van der Waals surface area contributed by atoms with Crippen molar-refractivity contribution in [3.63, 3.8) is 0 Å². The number of fused-ring (bicyclic) bond motifs is 2. The first-order valence-corrected chi connectivity index (χ1v) is 11.7. The SMILES string of the molecule is CN1Cc2nc(C(=O)N[C@H]3CCCC[C@H]3NC(=O)c3cc4cc(Cl)ccc4[nH]3)sc2C1.Cl. The van der Waals surface area contributed by atoms with Gasteiger partial charge in [-0.25, -0.2) is 4.98 Å². The van der Waals surface area contributed by atoms with E-state index in [0.717, 1.165) is 55.4 Å². The molecule has 2 aromatic heterocycles. The predicted octanol–water partition coefficient (Wildman–Crippen LogP) is 4.12. The summed E-state index contributed by atoms with van der Waals surface area (Å²) in [6.07, 6.45) is 3.73. The molecule has 3 N–H and O–H groups in total. The molecule has 10 heteroatoms. The number of halogens is 2. The minimum Gasteiger partial charge on any atom is -0.351 e. The minimum absolute atomic E-state index is 0. The smallest absolute Gasteiger partial charge is 0.280 e. The lowest BCUT2D eigenvalue weighted by atomic mass is 9.90. The van der Waals surface area contributed by atoms with Crippen LogP contribution in [-0.4, -0.2) is 45.8 Å². The molecule has 2 amide bonds. The molecule has 2 aliphatic rings. The van der Waals surface area contributed by atoms with E-state index >= 15 is 0 Å². The van der Waals surface area contributed by atoms with Gasteiger partial charge in [0, 0.05) is 46.0 Å². The van der Waals surface area contributed by atoms with Crippen LogP contribution in [0.25, 0.3) is 10.9 Å². The van der Waals surface area contributed by atoms with Crippen molar-refractivity contribution < 1.29 is 9.59 Å². The van der Waals surface area contributed by atoms with E-state index in [-0.39, 0.29) is 36.3 Å². The van der Waals surface area contributed by atoms with Gasteiger partial charge in [-0.3, -0.25) is 14.5 Å². The third-order valence-corrected chi connectivity index (χ3v) is 7.35. The maximum absolute atomic E-state index is 12.9. The van der Waals surface area contributed by atoms with Crippen LogP contribution in [0.5, 0.6) is 0 Å². The molecule has 1 aliphatic carbocycles. The molecule has 170 valence electrons. The zero-order chi connectivity index (χ0) is 21.5. The Morgan fingerprint density at radius 1 is 1.12 bits per heavy atom. The fraction of sp³-hybridized carbons (Fsp3) is 0.409. The number of hydrogen-bond donors (Lipinski definition) is 3. The van der Waals surface area contributed by atoms with Gasteiger partial charge in [-0.05, 0) is 44.2 Å². The quantitative estimate of drug-likeness (QED) is 0.509. The van der Waals surface area contributed by atoms with E-state index < -0.39 is 0 Å². The number of benzene rings is 1. The molecule has 2 atom stereocenters. The Kier molecular flexibility index (Phi) is 6.76. The van der Waals surface area contributed by atoms with E-state index in [1.54, 1.807) is 12.1 Å². The van der Waals surface area contributed by atoms with E-state index in [1.807, 2.05) is 19.2 Å². The lowest BCUT2D eigenvalue weighted by molar-refractivity contribution is 0.0860. The molecule has 32 heavy (non-hydrogen) atoms. The highest BCUT2D eigenvalue weighted by atomic mass is 35.5. The van der Waals surface area contributed by atoms with Crippen molar-refractivity contribution in [1.82, 2.24) is 25.5 Å². The number of carbonyl (C=O) groups excluding carboxylic acids is 2. The molecule has 7 nitrogen and oxygen atoms in total. The van der Waals surface area contributed by atoms with Crippen molar-refractivity contribution in [2.75, 3.05) is 7.05 Å². The van der Waals surface area contributed by atoms with Gasteiger partial charge in [0.1, 0.15) is 5.69 Å². The largest absolute Gasteiger partial charge is 0.351 e. The molecule has 3 aromatic rings. The molecule has 0 radical (unpaired) electrons. The average Bonchev–Trinajstić information content (AvgIpc) is 3.41. The number of thiazole rings is 1. The summed E-state index contributed by atoms with van der Waals surface area (Å²) in [5, 5.41) is 8.29. The summed E-state index contributed by atoms with van der Waals surface area (Å²) in [7, 11) is 2.05. The molecule has 5 rings (SSSR count). The van der Waals surface area contributed by atoms with E-state index in [0.29, 0.717) is 15.7 Å². The second kappa shape index (κ2) is 9.39. The molecular formula is C22H25Cl2N5O2S. The van der Waals surface area contributed by atoms with Gasteiger partial charge in [0.15, 0.2) is 5.01 Å². The summed E-state index contributed by atoms with van der Waals surface area (Å²) >= 11 is 7.52. The van der Waals surface area contributed by atoms with Gasteiger partial charge >= 0.3 is 0 Å². The molecule has 0 saturated heterocycles. The van der Waals surface area contributed by atoms with Crippen LogP contribution >= 0.6 is 35.3 Å². The highest BCUT2D eigenvalue weighted by Gasteiger charge is 2.30. The monoisotopic (exact) mass is 493 g/mol. The summed E-state index contributed by atoms with van der Waals surface area (Å²) in [5.41, 5.74) is 2.36. The van der Waals surface area contributed by atoms with Gasteiger partial charge in [0.05, 0.1) is 5.69 Å². The van der Waals surface area contributed by atoms with E-state index in [2.05, 4.69) is 25.5 Å². The molecule has 1 fully saturated rings. The fourth-order valence-corrected chi connectivity index (χ4v) is 5.70. The Morgan fingerprint density at radius 3 is 2.56 bits per heavy atom. The topological polar surface area (TPSA) is 90.1 Å². The highest BCUT2D eigenvalue weighted by molar-refractivity contribution is 7.13. The van der Waals surface area contributed by atoms with Gasteiger partial charge in [0.25, 0.3) is 11.8 Å². The van der Waals surface area contributed by atoms with Crippen molar-refractivity contribution in [2.45, 2.75) is 50.9 Å². The van der Waals surface area contributed by atoms with Crippen LogP contribution < -0.4 is 10.6 Å². The number of nitrogens with zero attached hydrogens (tertiary/aromatic N) is 2. The van der Waals surface area contributed by atoms with Crippen LogP contribution in [0.2, 0.25) is 5.02 Å². The Morgan fingerprint density at radius 2 is 1.84 bits per heavy atom. The molecule has 3 heterocycles. The van der Waals surface area contributed by atoms with Gasteiger partial charge in [-0.15, -0.1) is 23.7 Å². The summed E-state index contributed by atoms with van der Waals surface area (Å²) in [5.74, 6) is -0.316. The predicted molar refractivity (Wildman–Crippen MR) is 129 cm³/mol. The third-order valence-electron chi connectivity index (χ3n) is 6.03. The first-order valence-electron chi connectivity index (χ1n) is 10.5. The number of carbonyl (C=O) groups is 2. The van der Waals surface area contributed by atoms with Crippen LogP contribution in [0.15, 0.2) is 24.3 Å². The summed E-state index contributed by atoms with van der Waals surface area (Å²) in [4.78, 5) is 36.8. The second-order valence-corrected chi connectivity index (χ2v) is 9.94. The lowest BCUT2D eigenvalue weighted by Gasteiger charge is -2.32. The summed E-state index contributed by atoms with van der Waals surface area (Å²) in [6, 6.07) is 7.07. The molecule has 1 aromatic carbocycles. The van der Waals surface area contributed by atoms with Gasteiger partial charge in [-0.2, -0.15) is 0 Å². The molecule has 0 bridgehead atoms. The van der Waals surface area contributed by atoms with Crippen molar-refractivity contribution in [3.8, 4) is 0 Å². The zero-order valence-corrected chi connectivity index (χ0v) is 20.0. The first-order chi connectivity index (χ1) is 15.0. The molecule has 1 saturated carbocycles. The van der Waals surface area contributed by atoms with Gasteiger partial charge in [0.2, 0.25) is 0 Å². The van der Waals surface area contributed by atoms with Crippen molar-refractivity contribution >= 4 is 58.1 Å². The van der Waals surface area contributed by atoms with Crippen LogP contribution in [-0.2, 0) is 13.1 Å². The average molecular weight is 494 g/mol. The minimum atomic E-state index is -0.172. The van der Waals surface area contributed by atoms with E-state index in [9.17, 15) is 9.59 Å². The highest BCUT2D eigenvalue weighted by Crippen LogP contribution is 2.28. The van der Waals surface area contributed by atoms with Crippen LogP contribution in [0, 0.1) is 0 Å². The lowest BCUT2D eigenvalue weighted by Crippen LogP contribution is -2.53. The summed E-state index contributed by atoms with van der Waals surface area (Å²) < 4.78 is 0. The standard InChI is InChI=1S/C22H24ClN5O2S.ClH/c1-28-10-18-19(11-28)31-22(27-18)21(30)26-16-5-3-2-4-15(16)25-20(29)17-9-12-8-13(23)6-7-14(12)24-17;/h6-9,15-16,24H,2-5,10-11H2,1H3,(H,25,29)(H,26,30);1H/t15-,16+;/m1./s1. The normalized spacial score (nSPS) is 20.6. The first kappa shape index (κ1) is 23.0. The number of rotatable bonds is 4. The van der Waals surface area contributed by atoms with Crippen molar-refractivity contribution in [3.05, 3.63) is 50.6 Å². The number of nitrogens with one attached hydrogen (secondary N) is 3. The second-order valence-electron chi connectivity index (χ2n) is 8.42. The van der Waals surface area contributed by atoms with Crippen LogP contribution in [0.4, 0.5) is 0 Å². The zero-order valence-electron chi connectivity index (χ0n) is 17.6. The Bertz CT molecular complexity index is 1140. The molecular weight excluding hydrogens is 469 g/mol. The van der Waals surface area contributed by atoms with Crippen molar-refractivity contribution in [2.24, 2.45) is 0 Å². The van der Waals surface area contributed by atoms with E-state index in [1.165, 1.54) is 16.2 Å². The maximum atomic E-state index is 12.9. The number of aromatic nitrogens is 2. The van der Waals surface area contributed by atoms with Gasteiger partial charge < -0.3 is 15.6 Å². The fourth-order valence-electron chi connectivity index (χ4n) is 4.46. The molecule has 0 unspecified atom stereocenters. The maximum Gasteiger partial charge on any atom is 0.280 e.